The first kappa shape index (κ1) is 35.9. The van der Waals surface area contributed by atoms with E-state index in [9.17, 15) is 0 Å². The number of hydrogen-bond donors (Lipinski definition) is 1. The number of aryl methyl sites for hydroxylation is 2. The predicted octanol–water partition coefficient (Wildman–Crippen LogP) is 7.40. The minimum atomic E-state index is 0.225. The Morgan fingerprint density at radius 1 is 0.638 bits per heavy atom. The van der Waals surface area contributed by atoms with E-state index in [4.69, 9.17) is 24.8 Å². The van der Waals surface area contributed by atoms with Crippen molar-refractivity contribution in [3.63, 3.8) is 0 Å². The lowest BCUT2D eigenvalue weighted by Gasteiger charge is -2.37. The molecule has 0 saturated carbocycles. The molecule has 8 aromatic rings. The van der Waals surface area contributed by atoms with Gasteiger partial charge in [-0.25, -0.2) is 0 Å². The molecule has 2 aliphatic rings. The first-order valence-corrected chi connectivity index (χ1v) is 19.9. The van der Waals surface area contributed by atoms with Crippen molar-refractivity contribution in [2.24, 2.45) is 14.1 Å². The number of ether oxygens (including phenoxy) is 2. The molecule has 4 aromatic carbocycles. The van der Waals surface area contributed by atoms with Crippen LogP contribution in [0, 0.1) is 0 Å². The zero-order valence-electron chi connectivity index (χ0n) is 33.1. The molecule has 0 bridgehead atoms. The molecule has 58 heavy (non-hydrogen) atoms. The molecule has 1 N–H and O–H groups in total. The summed E-state index contributed by atoms with van der Waals surface area (Å²) in [7, 11) is 5.58. The summed E-state index contributed by atoms with van der Waals surface area (Å²) in [5.74, 6) is 2.16. The topological polar surface area (TPSA) is 121 Å². The van der Waals surface area contributed by atoms with E-state index in [1.54, 1.807) is 7.11 Å². The third-order valence-electron chi connectivity index (χ3n) is 11.6. The van der Waals surface area contributed by atoms with Crippen molar-refractivity contribution in [3.8, 4) is 56.3 Å². The molecule has 6 heterocycles. The van der Waals surface area contributed by atoms with E-state index < -0.39 is 0 Å². The van der Waals surface area contributed by atoms with Crippen molar-refractivity contribution < 1.29 is 9.47 Å². The fourth-order valence-electron chi connectivity index (χ4n) is 8.16. The first-order chi connectivity index (χ1) is 28.4. The van der Waals surface area contributed by atoms with Gasteiger partial charge in [0.1, 0.15) is 18.1 Å². The Balaban J connectivity index is 1.06. The molecule has 10 rings (SSSR count). The summed E-state index contributed by atoms with van der Waals surface area (Å²) < 4.78 is 16.8. The van der Waals surface area contributed by atoms with Crippen molar-refractivity contribution in [1.29, 1.82) is 0 Å². The maximum absolute atomic E-state index is 6.97. The van der Waals surface area contributed by atoms with Crippen molar-refractivity contribution in [2.45, 2.75) is 25.4 Å². The van der Waals surface area contributed by atoms with Gasteiger partial charge in [0.05, 0.1) is 46.5 Å². The molecule has 12 heteroatoms. The first-order valence-electron chi connectivity index (χ1n) is 19.9. The Kier molecular flexibility index (Phi) is 9.14. The average Bonchev–Trinajstić information content (AvgIpc) is 3.78. The van der Waals surface area contributed by atoms with E-state index in [1.165, 1.54) is 0 Å². The van der Waals surface area contributed by atoms with Gasteiger partial charge in [0.2, 0.25) is 0 Å². The van der Waals surface area contributed by atoms with Crippen LogP contribution in [0.5, 0.6) is 11.5 Å². The zero-order chi connectivity index (χ0) is 39.3. The van der Waals surface area contributed by atoms with E-state index >= 15 is 0 Å². The number of likely N-dealkylation sites (tertiary alicyclic amines) is 1. The van der Waals surface area contributed by atoms with Gasteiger partial charge in [0.25, 0.3) is 0 Å². The quantitative estimate of drug-likeness (QED) is 0.143. The van der Waals surface area contributed by atoms with Gasteiger partial charge in [-0.3, -0.25) is 9.36 Å². The van der Waals surface area contributed by atoms with Gasteiger partial charge < -0.3 is 19.7 Å². The van der Waals surface area contributed by atoms with E-state index in [2.05, 4.69) is 117 Å². The lowest BCUT2D eigenvalue weighted by Crippen LogP contribution is -2.44. The summed E-state index contributed by atoms with van der Waals surface area (Å²) in [6, 6.07) is 31.5. The second kappa shape index (κ2) is 14.8. The van der Waals surface area contributed by atoms with Gasteiger partial charge >= 0.3 is 0 Å². The fourth-order valence-corrected chi connectivity index (χ4v) is 8.16. The van der Waals surface area contributed by atoms with Crippen LogP contribution in [-0.4, -0.2) is 84.7 Å². The lowest BCUT2D eigenvalue weighted by molar-refractivity contribution is 0.154. The van der Waals surface area contributed by atoms with Crippen LogP contribution in [-0.2, 0) is 20.7 Å². The molecule has 0 spiro atoms. The number of aromatic nitrogens is 8. The molecule has 2 saturated heterocycles. The Hall–Kier alpha value is -6.50. The molecule has 0 unspecified atom stereocenters. The minimum Gasteiger partial charge on any atom is -0.496 e. The number of benzene rings is 4. The molecule has 2 fully saturated rings. The highest BCUT2D eigenvalue weighted by atomic mass is 16.5. The highest BCUT2D eigenvalue weighted by Crippen LogP contribution is 2.40. The number of nitrogens with one attached hydrogen (secondary N) is 1. The van der Waals surface area contributed by atoms with Crippen molar-refractivity contribution >= 4 is 21.8 Å². The van der Waals surface area contributed by atoms with Gasteiger partial charge in [-0.05, 0) is 102 Å². The van der Waals surface area contributed by atoms with E-state index in [0.717, 1.165) is 116 Å². The van der Waals surface area contributed by atoms with Crippen LogP contribution in [0.2, 0.25) is 0 Å². The van der Waals surface area contributed by atoms with Gasteiger partial charge in [0, 0.05) is 86.4 Å². The van der Waals surface area contributed by atoms with Gasteiger partial charge in [0.15, 0.2) is 0 Å². The highest BCUT2D eigenvalue weighted by Gasteiger charge is 2.28. The Bertz CT molecular complexity index is 2780. The summed E-state index contributed by atoms with van der Waals surface area (Å²) in [5.41, 5.74) is 12.1. The number of hydrogen-bond acceptors (Lipinski definition) is 10. The largest absolute Gasteiger partial charge is 0.496 e. The van der Waals surface area contributed by atoms with Gasteiger partial charge in [-0.15, -0.1) is 0 Å². The lowest BCUT2D eigenvalue weighted by atomic mass is 9.95. The molecule has 12 nitrogen and oxygen atoms in total. The van der Waals surface area contributed by atoms with Crippen molar-refractivity contribution in [1.82, 2.24) is 50.2 Å². The van der Waals surface area contributed by atoms with Crippen LogP contribution in [0.3, 0.4) is 0 Å². The van der Waals surface area contributed by atoms with Crippen molar-refractivity contribution in [2.75, 3.05) is 39.8 Å². The molecule has 4 aromatic heterocycles. The van der Waals surface area contributed by atoms with Crippen LogP contribution in [0.25, 0.3) is 66.6 Å². The van der Waals surface area contributed by atoms with Gasteiger partial charge in [-0.1, -0.05) is 25.1 Å². The third kappa shape index (κ3) is 6.73. The summed E-state index contributed by atoms with van der Waals surface area (Å²) in [6.07, 6.45) is 4.07. The molecule has 0 atom stereocenters. The summed E-state index contributed by atoms with van der Waals surface area (Å²) in [6.45, 7) is 7.32. The molecule has 0 radical (unpaired) electrons. The van der Waals surface area contributed by atoms with Crippen LogP contribution in [0.1, 0.15) is 35.7 Å². The molecule has 0 amide bonds. The fraction of sp³-hybridized carbons (Fsp3) is 0.261. The Morgan fingerprint density at radius 3 is 1.84 bits per heavy atom. The minimum absolute atomic E-state index is 0.225. The van der Waals surface area contributed by atoms with E-state index in [-0.39, 0.29) is 6.61 Å². The second-order valence-electron chi connectivity index (χ2n) is 15.5. The monoisotopic (exact) mass is 768 g/mol. The van der Waals surface area contributed by atoms with Crippen LogP contribution < -0.4 is 14.8 Å². The molecular weight excluding hydrogens is 725 g/mol. The zero-order valence-corrected chi connectivity index (χ0v) is 33.1. The molecule has 2 aliphatic heterocycles. The normalized spacial score (nSPS) is 14.8. The maximum atomic E-state index is 6.97. The number of nitrogens with zero attached hydrogens (tertiary/aromatic N) is 9. The van der Waals surface area contributed by atoms with Crippen LogP contribution in [0.15, 0.2) is 103 Å². The number of rotatable bonds is 11. The third-order valence-corrected chi connectivity index (χ3v) is 11.6. The maximum Gasteiger partial charge on any atom is 0.129 e. The average molecular weight is 769 g/mol. The smallest absolute Gasteiger partial charge is 0.129 e. The number of methoxy groups -OCH3 is 1. The summed E-state index contributed by atoms with van der Waals surface area (Å²) in [4.78, 5) is 2.41. The van der Waals surface area contributed by atoms with E-state index in [0.29, 0.717) is 23.3 Å². The SMILES string of the molecule is CCN1CC(c2ccc(-c3ccc(-c4ccc5nn(C)cc5c4)cc3OCc3cc(-c4ccc5nn(C)cc5c4)cc(OC)c3-c3ccc(C4CNC4)nn3)nn2)C1. The van der Waals surface area contributed by atoms with E-state index in [1.807, 2.05) is 41.9 Å². The molecule has 290 valence electrons. The number of fused-ring (bicyclic) bond motifs is 2. The predicted molar refractivity (Wildman–Crippen MR) is 226 cm³/mol. The number of likely N-dealkylation sites (N-methyl/N-ethyl adjacent to an activating group) is 1. The van der Waals surface area contributed by atoms with Crippen molar-refractivity contribution in [3.05, 3.63) is 120 Å². The summed E-state index contributed by atoms with van der Waals surface area (Å²) >= 11 is 0. The summed E-state index contributed by atoms with van der Waals surface area (Å²) in [5, 5.41) is 33.5. The molecule has 0 aliphatic carbocycles. The highest BCUT2D eigenvalue weighted by molar-refractivity contribution is 5.87. The molecular formula is C46H44N10O2. The van der Waals surface area contributed by atoms with Crippen LogP contribution >= 0.6 is 0 Å². The van der Waals surface area contributed by atoms with Crippen LogP contribution in [0.4, 0.5) is 0 Å². The Labute approximate surface area is 336 Å². The standard InChI is InChI=1S/C46H44N10O2/c1-5-56-25-36(26-56)39-12-14-42(50-49-39)37-9-6-30(28-7-10-40-32(16-28)23-54(2)52-40)19-44(37)58-27-34-18-31(29-8-11-41-33(17-29)24-55(3)53-41)20-45(57-4)46(34)43-15-13-38(48-51-43)35-21-47-22-35/h6-20,23-24,35-36,47H,5,21-22,25-27H2,1-4H3. The van der Waals surface area contributed by atoms with Gasteiger partial charge in [-0.2, -0.15) is 30.6 Å². The second-order valence-corrected chi connectivity index (χ2v) is 15.5. The Morgan fingerprint density at radius 2 is 1.24 bits per heavy atom.